The Bertz CT molecular complexity index is 2410. The molecule has 0 saturated carbocycles. The minimum atomic E-state index is 0.0174. The van der Waals surface area contributed by atoms with Crippen LogP contribution in [0.25, 0.3) is 55.0 Å². The van der Waals surface area contributed by atoms with Crippen molar-refractivity contribution in [3.05, 3.63) is 116 Å². The van der Waals surface area contributed by atoms with Crippen LogP contribution in [0, 0.1) is 0 Å². The highest BCUT2D eigenvalue weighted by atomic mass is 79.9. The Balaban J connectivity index is 1.57. The van der Waals surface area contributed by atoms with Crippen LogP contribution in [-0.4, -0.2) is 9.13 Å². The normalized spacial score (nSPS) is 13.4. The van der Waals surface area contributed by atoms with Crippen LogP contribution in [-0.2, 0) is 21.7 Å². The molecule has 0 aliphatic heterocycles. The molecule has 0 fully saturated rings. The van der Waals surface area contributed by atoms with E-state index in [1.165, 1.54) is 65.9 Å². The number of hydrogen-bond donors (Lipinski definition) is 0. The minimum Gasteiger partial charge on any atom is -0.308 e. The van der Waals surface area contributed by atoms with E-state index >= 15 is 0 Å². The van der Waals surface area contributed by atoms with Crippen LogP contribution < -0.4 is 0 Å². The Labute approximate surface area is 315 Å². The average Bonchev–Trinajstić information content (AvgIpc) is 3.52. The van der Waals surface area contributed by atoms with Crippen molar-refractivity contribution in [3.63, 3.8) is 0 Å². The molecule has 0 N–H and O–H groups in total. The average molecular weight is 791 g/mol. The summed E-state index contributed by atoms with van der Waals surface area (Å²) in [5, 5.41) is 5.13. The molecule has 7 rings (SSSR count). The molecule has 0 saturated heterocycles. The third-order valence-corrected chi connectivity index (χ3v) is 11.9. The first kappa shape index (κ1) is 35.1. The zero-order chi connectivity index (χ0) is 36.3. The summed E-state index contributed by atoms with van der Waals surface area (Å²) in [6.07, 6.45) is 0. The molecule has 7 aromatic rings. The first-order valence-electron chi connectivity index (χ1n) is 17.8. The molecule has 2 aromatic heterocycles. The lowest BCUT2D eigenvalue weighted by molar-refractivity contribution is 0.590. The molecule has 0 amide bonds. The third kappa shape index (κ3) is 5.75. The summed E-state index contributed by atoms with van der Waals surface area (Å²) < 4.78 is 7.07. The number of nitrogens with zero attached hydrogens (tertiary/aromatic N) is 2. The molecule has 258 valence electrons. The Kier molecular flexibility index (Phi) is 8.13. The van der Waals surface area contributed by atoms with Crippen molar-refractivity contribution >= 4 is 75.5 Å². The van der Waals surface area contributed by atoms with Gasteiger partial charge in [0.05, 0.1) is 37.9 Å². The van der Waals surface area contributed by atoms with Gasteiger partial charge in [0.2, 0.25) is 0 Å². The van der Waals surface area contributed by atoms with Crippen LogP contribution in [0.5, 0.6) is 0 Å². The quantitative estimate of drug-likeness (QED) is 0.165. The van der Waals surface area contributed by atoms with E-state index in [4.69, 9.17) is 0 Å². The fourth-order valence-corrected chi connectivity index (χ4v) is 8.57. The van der Waals surface area contributed by atoms with Gasteiger partial charge in [0, 0.05) is 26.0 Å². The molecular formula is C46H50Br2N2. The predicted molar refractivity (Wildman–Crippen MR) is 225 cm³/mol. The summed E-state index contributed by atoms with van der Waals surface area (Å²) in [7, 11) is 0. The lowest BCUT2D eigenvalue weighted by atomic mass is 9.85. The van der Waals surface area contributed by atoms with Crippen molar-refractivity contribution in [3.8, 4) is 11.4 Å². The van der Waals surface area contributed by atoms with E-state index < -0.39 is 0 Å². The second-order valence-corrected chi connectivity index (χ2v) is 20.0. The van der Waals surface area contributed by atoms with E-state index in [0.29, 0.717) is 0 Å². The SMILES string of the molecule is CC(C)(C)c1ccc2c(c1)c1cc(C(C)(C)C)ccc1n2-c1cccc(-n2c3ccc(C(C)(C)C)cc3c3cc(C(C)(C)C)cc(Br)c32)c1Br. The standard InChI is InChI=1S/C46H50Br2N2/c1-43(2,3)27-16-19-36-31(22-27)32-23-28(44(4,5)6)17-20-37(32)49(36)39-14-13-15-40(41(39)48)50-38-21-18-29(45(7,8)9)24-33(38)34-25-30(46(10,11)12)26-35(47)42(34)50/h13-26H,1-12H3. The molecule has 5 aromatic carbocycles. The van der Waals surface area contributed by atoms with E-state index in [9.17, 15) is 0 Å². The van der Waals surface area contributed by atoms with Gasteiger partial charge in [-0.05, 0) is 136 Å². The van der Waals surface area contributed by atoms with E-state index in [1.54, 1.807) is 0 Å². The van der Waals surface area contributed by atoms with Gasteiger partial charge in [0.1, 0.15) is 0 Å². The molecule has 0 aliphatic rings. The smallest absolute Gasteiger partial charge is 0.0683 e. The Morgan fingerprint density at radius 1 is 0.400 bits per heavy atom. The highest BCUT2D eigenvalue weighted by molar-refractivity contribution is 9.11. The largest absolute Gasteiger partial charge is 0.308 e. The van der Waals surface area contributed by atoms with Crippen molar-refractivity contribution in [1.29, 1.82) is 0 Å². The summed E-state index contributed by atoms with van der Waals surface area (Å²) in [5.74, 6) is 0. The Hall–Kier alpha value is -3.34. The monoisotopic (exact) mass is 788 g/mol. The zero-order valence-corrected chi connectivity index (χ0v) is 34.9. The van der Waals surface area contributed by atoms with Crippen molar-refractivity contribution < 1.29 is 0 Å². The number of fused-ring (bicyclic) bond motifs is 6. The summed E-state index contributed by atoms with van der Waals surface area (Å²) in [4.78, 5) is 0. The van der Waals surface area contributed by atoms with Gasteiger partial charge in [-0.2, -0.15) is 0 Å². The maximum absolute atomic E-state index is 4.22. The highest BCUT2D eigenvalue weighted by Crippen LogP contribution is 2.45. The van der Waals surface area contributed by atoms with Crippen molar-refractivity contribution in [1.82, 2.24) is 9.13 Å². The first-order chi connectivity index (χ1) is 23.2. The first-order valence-corrected chi connectivity index (χ1v) is 19.4. The third-order valence-electron chi connectivity index (χ3n) is 10.5. The molecule has 0 spiro atoms. The minimum absolute atomic E-state index is 0.0174. The van der Waals surface area contributed by atoms with Crippen molar-refractivity contribution in [2.24, 2.45) is 0 Å². The molecular weight excluding hydrogens is 740 g/mol. The maximum Gasteiger partial charge on any atom is 0.0683 e. The number of rotatable bonds is 2. The van der Waals surface area contributed by atoms with Crippen LogP contribution >= 0.6 is 31.9 Å². The van der Waals surface area contributed by atoms with Crippen LogP contribution in [0.2, 0.25) is 0 Å². The van der Waals surface area contributed by atoms with Crippen molar-refractivity contribution in [2.45, 2.75) is 105 Å². The predicted octanol–water partition coefficient (Wildman–Crippen LogP) is 14.6. The van der Waals surface area contributed by atoms with E-state index in [0.717, 1.165) is 20.3 Å². The molecule has 2 heterocycles. The summed E-state index contributed by atoms with van der Waals surface area (Å²) in [5.41, 5.74) is 12.5. The molecule has 2 nitrogen and oxygen atoms in total. The highest BCUT2D eigenvalue weighted by Gasteiger charge is 2.26. The van der Waals surface area contributed by atoms with E-state index in [1.807, 2.05) is 0 Å². The second kappa shape index (κ2) is 11.6. The molecule has 4 heteroatoms. The van der Waals surface area contributed by atoms with Gasteiger partial charge in [-0.1, -0.05) is 107 Å². The number of halogens is 2. The van der Waals surface area contributed by atoms with Crippen LogP contribution in [0.4, 0.5) is 0 Å². The van der Waals surface area contributed by atoms with Crippen LogP contribution in [0.1, 0.15) is 105 Å². The fraction of sp³-hybridized carbons (Fsp3) is 0.348. The van der Waals surface area contributed by atoms with E-state index in [-0.39, 0.29) is 21.7 Å². The molecule has 0 unspecified atom stereocenters. The van der Waals surface area contributed by atoms with E-state index in [2.05, 4.69) is 209 Å². The summed E-state index contributed by atoms with van der Waals surface area (Å²) in [6.45, 7) is 27.6. The number of aromatic nitrogens is 2. The molecule has 50 heavy (non-hydrogen) atoms. The Morgan fingerprint density at radius 3 is 1.18 bits per heavy atom. The van der Waals surface area contributed by atoms with Gasteiger partial charge in [-0.3, -0.25) is 0 Å². The lowest BCUT2D eigenvalue weighted by Crippen LogP contribution is -2.11. The lowest BCUT2D eigenvalue weighted by Gasteiger charge is -2.21. The molecule has 0 bridgehead atoms. The molecule has 0 radical (unpaired) electrons. The van der Waals surface area contributed by atoms with Gasteiger partial charge in [-0.25, -0.2) is 0 Å². The second-order valence-electron chi connectivity index (χ2n) is 18.3. The molecule has 0 aliphatic carbocycles. The van der Waals surface area contributed by atoms with Gasteiger partial charge in [0.15, 0.2) is 0 Å². The van der Waals surface area contributed by atoms with Crippen molar-refractivity contribution in [2.75, 3.05) is 0 Å². The van der Waals surface area contributed by atoms with Gasteiger partial charge in [0.25, 0.3) is 0 Å². The maximum atomic E-state index is 4.22. The van der Waals surface area contributed by atoms with Gasteiger partial charge in [-0.15, -0.1) is 0 Å². The Morgan fingerprint density at radius 2 is 0.760 bits per heavy atom. The zero-order valence-electron chi connectivity index (χ0n) is 31.7. The summed E-state index contributed by atoms with van der Waals surface area (Å²) in [6, 6.07) is 32.6. The van der Waals surface area contributed by atoms with Gasteiger partial charge >= 0.3 is 0 Å². The topological polar surface area (TPSA) is 9.86 Å². The van der Waals surface area contributed by atoms with Gasteiger partial charge < -0.3 is 9.13 Å². The molecule has 0 atom stereocenters. The van der Waals surface area contributed by atoms with Crippen LogP contribution in [0.15, 0.2) is 93.9 Å². The van der Waals surface area contributed by atoms with Crippen LogP contribution in [0.3, 0.4) is 0 Å². The number of benzene rings is 5. The number of hydrogen-bond acceptors (Lipinski definition) is 0. The fourth-order valence-electron chi connectivity index (χ4n) is 7.32. The summed E-state index contributed by atoms with van der Waals surface area (Å²) >= 11 is 8.29.